The van der Waals surface area contributed by atoms with Crippen molar-refractivity contribution in [1.29, 1.82) is 0 Å². The molecular formula is C17H20ClNO2S2. The third kappa shape index (κ3) is 4.98. The highest BCUT2D eigenvalue weighted by molar-refractivity contribution is 7.99. The zero-order chi connectivity index (χ0) is 17.0. The summed E-state index contributed by atoms with van der Waals surface area (Å²) in [6.45, 7) is 6.00. The molecule has 0 aliphatic rings. The smallest absolute Gasteiger partial charge is 0.210 e. The maximum atomic E-state index is 12.5. The van der Waals surface area contributed by atoms with Crippen molar-refractivity contribution in [2.75, 3.05) is 12.3 Å². The molecule has 0 radical (unpaired) electrons. The van der Waals surface area contributed by atoms with Gasteiger partial charge in [0.15, 0.2) is 0 Å². The summed E-state index contributed by atoms with van der Waals surface area (Å²) in [4.78, 5) is 1.45. The predicted octanol–water partition coefficient (Wildman–Crippen LogP) is 4.34. The monoisotopic (exact) mass is 369 g/mol. The Hall–Kier alpha value is -1.01. The van der Waals surface area contributed by atoms with Gasteiger partial charge in [-0.1, -0.05) is 29.3 Å². The van der Waals surface area contributed by atoms with Crippen LogP contribution in [0.5, 0.6) is 0 Å². The lowest BCUT2D eigenvalue weighted by Gasteiger charge is -2.13. The van der Waals surface area contributed by atoms with Gasteiger partial charge >= 0.3 is 0 Å². The van der Waals surface area contributed by atoms with Crippen LogP contribution in [0.1, 0.15) is 16.7 Å². The van der Waals surface area contributed by atoms with E-state index in [4.69, 9.17) is 11.6 Å². The van der Waals surface area contributed by atoms with Gasteiger partial charge in [-0.15, -0.1) is 11.8 Å². The van der Waals surface area contributed by atoms with E-state index in [1.54, 1.807) is 11.8 Å². The van der Waals surface area contributed by atoms with Crippen molar-refractivity contribution in [1.82, 2.24) is 4.72 Å². The van der Waals surface area contributed by atoms with E-state index in [2.05, 4.69) is 4.72 Å². The van der Waals surface area contributed by atoms with Crippen LogP contribution in [-0.2, 0) is 10.0 Å². The number of rotatable bonds is 6. The minimum absolute atomic E-state index is 0.377. The van der Waals surface area contributed by atoms with Crippen LogP contribution >= 0.6 is 23.4 Å². The number of hydrogen-bond donors (Lipinski definition) is 1. The predicted molar refractivity (Wildman–Crippen MR) is 98.0 cm³/mol. The molecule has 0 bridgehead atoms. The van der Waals surface area contributed by atoms with Crippen LogP contribution in [0.3, 0.4) is 0 Å². The maximum Gasteiger partial charge on any atom is 0.241 e. The van der Waals surface area contributed by atoms with E-state index in [-0.39, 0.29) is 0 Å². The van der Waals surface area contributed by atoms with Crippen LogP contribution in [0.15, 0.2) is 46.2 Å². The highest BCUT2D eigenvalue weighted by Gasteiger charge is 2.19. The first-order valence-corrected chi connectivity index (χ1v) is 10.1. The highest BCUT2D eigenvalue weighted by Crippen LogP contribution is 2.22. The van der Waals surface area contributed by atoms with Crippen LogP contribution in [0, 0.1) is 20.8 Å². The van der Waals surface area contributed by atoms with Crippen LogP contribution in [0.25, 0.3) is 0 Å². The Bertz CT molecular complexity index is 764. The van der Waals surface area contributed by atoms with E-state index in [1.807, 2.05) is 57.2 Å². The lowest BCUT2D eigenvalue weighted by Crippen LogP contribution is -2.27. The number of thioether (sulfide) groups is 1. The quantitative estimate of drug-likeness (QED) is 0.608. The van der Waals surface area contributed by atoms with Crippen molar-refractivity contribution in [3.8, 4) is 0 Å². The van der Waals surface area contributed by atoms with E-state index < -0.39 is 10.0 Å². The van der Waals surface area contributed by atoms with Gasteiger partial charge in [0.25, 0.3) is 0 Å². The minimum atomic E-state index is -3.48. The van der Waals surface area contributed by atoms with Gasteiger partial charge < -0.3 is 0 Å². The number of halogens is 1. The molecule has 2 rings (SSSR count). The normalized spacial score (nSPS) is 11.7. The van der Waals surface area contributed by atoms with Crippen molar-refractivity contribution < 1.29 is 8.42 Å². The number of benzene rings is 2. The second-order valence-electron chi connectivity index (χ2n) is 5.43. The standard InChI is InChI=1S/C17H20ClNO2S2/c1-12-10-13(2)17(14(3)11-12)23(20,21)19-8-9-22-16-6-4-15(18)5-7-16/h4-7,10-11,19H,8-9H2,1-3H3. The lowest BCUT2D eigenvalue weighted by atomic mass is 10.1. The molecule has 0 aliphatic carbocycles. The third-order valence-corrected chi connectivity index (χ3v) is 6.38. The van der Waals surface area contributed by atoms with Gasteiger partial charge in [-0.05, 0) is 56.2 Å². The van der Waals surface area contributed by atoms with Crippen LogP contribution in [0.2, 0.25) is 5.02 Å². The Balaban J connectivity index is 1.98. The van der Waals surface area contributed by atoms with E-state index >= 15 is 0 Å². The van der Waals surface area contributed by atoms with Crippen molar-refractivity contribution in [2.24, 2.45) is 0 Å². The number of nitrogens with one attached hydrogen (secondary N) is 1. The van der Waals surface area contributed by atoms with Crippen molar-refractivity contribution in [2.45, 2.75) is 30.6 Å². The highest BCUT2D eigenvalue weighted by atomic mass is 35.5. The Morgan fingerprint density at radius 3 is 2.17 bits per heavy atom. The van der Waals surface area contributed by atoms with Gasteiger partial charge in [-0.3, -0.25) is 0 Å². The molecule has 2 aromatic rings. The molecule has 0 aliphatic heterocycles. The summed E-state index contributed by atoms with van der Waals surface area (Å²) in [6, 6.07) is 11.3. The molecule has 124 valence electrons. The second kappa shape index (κ2) is 7.71. The van der Waals surface area contributed by atoms with Crippen LogP contribution < -0.4 is 4.72 Å². The number of sulfonamides is 1. The fourth-order valence-electron chi connectivity index (χ4n) is 2.54. The molecule has 0 spiro atoms. The number of aryl methyl sites for hydroxylation is 3. The zero-order valence-electron chi connectivity index (χ0n) is 13.4. The molecule has 1 N–H and O–H groups in total. The maximum absolute atomic E-state index is 12.5. The molecule has 0 unspecified atom stereocenters. The Kier molecular flexibility index (Phi) is 6.14. The lowest BCUT2D eigenvalue weighted by molar-refractivity contribution is 0.583. The average Bonchev–Trinajstić information content (AvgIpc) is 2.44. The molecule has 2 aromatic carbocycles. The zero-order valence-corrected chi connectivity index (χ0v) is 15.8. The first kappa shape index (κ1) is 18.3. The SMILES string of the molecule is Cc1cc(C)c(S(=O)(=O)NCCSc2ccc(Cl)cc2)c(C)c1. The molecule has 3 nitrogen and oxygen atoms in total. The molecule has 0 amide bonds. The van der Waals surface area contributed by atoms with Gasteiger partial charge in [0.2, 0.25) is 10.0 Å². The topological polar surface area (TPSA) is 46.2 Å². The largest absolute Gasteiger partial charge is 0.241 e. The first-order valence-electron chi connectivity index (χ1n) is 7.25. The van der Waals surface area contributed by atoms with Gasteiger partial charge in [-0.2, -0.15) is 0 Å². The van der Waals surface area contributed by atoms with Gasteiger partial charge in [0, 0.05) is 22.2 Å². The fourth-order valence-corrected chi connectivity index (χ4v) is 5.04. The number of hydrogen-bond acceptors (Lipinski definition) is 3. The Labute approximate surface area is 147 Å². The third-order valence-electron chi connectivity index (χ3n) is 3.35. The summed E-state index contributed by atoms with van der Waals surface area (Å²) in [6.07, 6.45) is 0. The van der Waals surface area contributed by atoms with E-state index in [1.165, 1.54) is 0 Å². The molecule has 23 heavy (non-hydrogen) atoms. The molecular weight excluding hydrogens is 350 g/mol. The molecule has 6 heteroatoms. The van der Waals surface area contributed by atoms with E-state index in [0.717, 1.165) is 21.6 Å². The molecule has 0 heterocycles. The summed E-state index contributed by atoms with van der Waals surface area (Å²) >= 11 is 7.43. The molecule has 0 fully saturated rings. The summed E-state index contributed by atoms with van der Waals surface area (Å²) in [5.41, 5.74) is 2.62. The minimum Gasteiger partial charge on any atom is -0.210 e. The summed E-state index contributed by atoms with van der Waals surface area (Å²) in [7, 11) is -3.48. The van der Waals surface area contributed by atoms with E-state index in [0.29, 0.717) is 22.2 Å². The fraction of sp³-hybridized carbons (Fsp3) is 0.294. The molecule has 0 aromatic heterocycles. The van der Waals surface area contributed by atoms with Crippen molar-refractivity contribution >= 4 is 33.4 Å². The van der Waals surface area contributed by atoms with Crippen molar-refractivity contribution in [3.05, 3.63) is 58.1 Å². The van der Waals surface area contributed by atoms with Crippen LogP contribution in [0.4, 0.5) is 0 Å². The Morgan fingerprint density at radius 1 is 1.04 bits per heavy atom. The molecule has 0 saturated carbocycles. The van der Waals surface area contributed by atoms with Crippen molar-refractivity contribution in [3.63, 3.8) is 0 Å². The summed E-state index contributed by atoms with van der Waals surface area (Å²) < 4.78 is 27.7. The average molecular weight is 370 g/mol. The second-order valence-corrected chi connectivity index (χ2v) is 8.74. The summed E-state index contributed by atoms with van der Waals surface area (Å²) in [5.74, 6) is 0.658. The Morgan fingerprint density at radius 2 is 1.61 bits per heavy atom. The van der Waals surface area contributed by atoms with Crippen LogP contribution in [-0.4, -0.2) is 20.7 Å². The summed E-state index contributed by atoms with van der Waals surface area (Å²) in [5, 5.41) is 0.695. The van der Waals surface area contributed by atoms with Gasteiger partial charge in [0.1, 0.15) is 0 Å². The van der Waals surface area contributed by atoms with Gasteiger partial charge in [-0.25, -0.2) is 13.1 Å². The van der Waals surface area contributed by atoms with E-state index in [9.17, 15) is 8.42 Å². The van der Waals surface area contributed by atoms with Gasteiger partial charge in [0.05, 0.1) is 4.90 Å². The molecule has 0 saturated heterocycles. The molecule has 0 atom stereocenters. The first-order chi connectivity index (χ1) is 10.8.